The lowest BCUT2D eigenvalue weighted by molar-refractivity contribution is -0.123. The van der Waals surface area contributed by atoms with E-state index >= 15 is 0 Å². The van der Waals surface area contributed by atoms with Gasteiger partial charge < -0.3 is 16.4 Å². The molecule has 4 rings (SSSR count). The van der Waals surface area contributed by atoms with Crippen LogP contribution in [-0.2, 0) is 4.79 Å². The summed E-state index contributed by atoms with van der Waals surface area (Å²) in [5.74, 6) is -0.885. The van der Waals surface area contributed by atoms with Crippen LogP contribution in [0.25, 0.3) is 0 Å². The third-order valence-electron chi connectivity index (χ3n) is 7.80. The van der Waals surface area contributed by atoms with Crippen molar-refractivity contribution in [2.75, 3.05) is 10.6 Å². The second-order valence-corrected chi connectivity index (χ2v) is 11.6. The topological polar surface area (TPSA) is 117 Å². The van der Waals surface area contributed by atoms with Gasteiger partial charge in [-0.25, -0.2) is 0 Å². The predicted octanol–water partition coefficient (Wildman–Crippen LogP) is 5.28. The van der Waals surface area contributed by atoms with E-state index in [4.69, 9.17) is 5.73 Å². The lowest BCUT2D eigenvalue weighted by Gasteiger charge is -2.33. The molecule has 4 N–H and O–H groups in total. The third-order valence-corrected chi connectivity index (χ3v) is 8.65. The van der Waals surface area contributed by atoms with Crippen molar-refractivity contribution in [1.29, 1.82) is 0 Å². The fourth-order valence-corrected chi connectivity index (χ4v) is 6.38. The highest BCUT2D eigenvalue weighted by atomic mass is 32.1. The molecule has 1 heterocycles. The van der Waals surface area contributed by atoms with Gasteiger partial charge in [-0.15, -0.1) is 0 Å². The van der Waals surface area contributed by atoms with Gasteiger partial charge in [0.2, 0.25) is 5.91 Å². The molecule has 2 aromatic rings. The summed E-state index contributed by atoms with van der Waals surface area (Å²) in [7, 11) is 0. The van der Waals surface area contributed by atoms with Gasteiger partial charge in [-0.1, -0.05) is 57.6 Å². The van der Waals surface area contributed by atoms with Crippen LogP contribution in [0.2, 0.25) is 0 Å². The number of aromatic nitrogens is 1. The Bertz CT molecular complexity index is 1150. The lowest BCUT2D eigenvalue weighted by atomic mass is 9.95. The van der Waals surface area contributed by atoms with Crippen molar-refractivity contribution in [2.45, 2.75) is 110 Å². The van der Waals surface area contributed by atoms with Crippen LogP contribution in [0.15, 0.2) is 18.2 Å². The van der Waals surface area contributed by atoms with Crippen molar-refractivity contribution < 1.29 is 14.4 Å². The molecule has 9 heteroatoms. The first-order chi connectivity index (χ1) is 18.3. The Kier molecular flexibility index (Phi) is 9.41. The van der Waals surface area contributed by atoms with E-state index in [0.29, 0.717) is 12.1 Å². The fourth-order valence-electron chi connectivity index (χ4n) is 5.64. The molecule has 2 saturated carbocycles. The summed E-state index contributed by atoms with van der Waals surface area (Å²) in [6, 6.07) is 5.44. The van der Waals surface area contributed by atoms with Crippen LogP contribution in [-0.4, -0.2) is 40.2 Å². The van der Waals surface area contributed by atoms with E-state index < -0.39 is 11.9 Å². The number of hydrogen-bond acceptors (Lipinski definition) is 6. The highest BCUT2D eigenvalue weighted by Gasteiger charge is 2.36. The van der Waals surface area contributed by atoms with Crippen molar-refractivity contribution >= 4 is 40.6 Å². The number of carbonyl (C=O) groups excluding carboxylic acids is 3. The van der Waals surface area contributed by atoms with Crippen LogP contribution in [0, 0.1) is 13.8 Å². The summed E-state index contributed by atoms with van der Waals surface area (Å²) in [6.07, 6.45) is 10.6. The minimum Gasteiger partial charge on any atom is -0.395 e. The molecule has 2 fully saturated rings. The Morgan fingerprint density at radius 3 is 2.32 bits per heavy atom. The van der Waals surface area contributed by atoms with Crippen LogP contribution in [0.4, 0.5) is 11.4 Å². The van der Waals surface area contributed by atoms with Crippen molar-refractivity contribution in [3.8, 4) is 0 Å². The van der Waals surface area contributed by atoms with Crippen LogP contribution in [0.1, 0.15) is 109 Å². The van der Waals surface area contributed by atoms with E-state index in [1.807, 2.05) is 39.0 Å². The van der Waals surface area contributed by atoms with Gasteiger partial charge in [0, 0.05) is 17.8 Å². The summed E-state index contributed by atoms with van der Waals surface area (Å²) in [6.45, 7) is 5.91. The zero-order chi connectivity index (χ0) is 27.2. The number of carbonyl (C=O) groups is 3. The standard InChI is InChI=1S/C29H41N5O3S/c1-4-10-22(27(35)31-20-13-8-9-14-20)34(23-17-18(2)15-16-19(23)3)29(37)26-24(30)25(33-38-26)28(36)32-21-11-6-5-7-12-21/h15-17,20-22H,4-14,30H2,1-3H3,(H,31,35)(H,32,36). The first-order valence-electron chi connectivity index (χ1n) is 14.1. The smallest absolute Gasteiger partial charge is 0.273 e. The maximum atomic E-state index is 14.2. The van der Waals surface area contributed by atoms with Gasteiger partial charge in [-0.2, -0.15) is 4.37 Å². The molecule has 1 atom stereocenters. The number of rotatable bonds is 9. The van der Waals surface area contributed by atoms with Crippen molar-refractivity contribution in [3.63, 3.8) is 0 Å². The quantitative estimate of drug-likeness (QED) is 0.401. The zero-order valence-corrected chi connectivity index (χ0v) is 23.7. The summed E-state index contributed by atoms with van der Waals surface area (Å²) in [4.78, 5) is 42.6. The third kappa shape index (κ3) is 6.37. The van der Waals surface area contributed by atoms with Gasteiger partial charge in [-0.05, 0) is 74.7 Å². The molecule has 1 aromatic carbocycles. The maximum Gasteiger partial charge on any atom is 0.273 e. The van der Waals surface area contributed by atoms with Crippen LogP contribution in [0.3, 0.4) is 0 Å². The molecule has 38 heavy (non-hydrogen) atoms. The van der Waals surface area contributed by atoms with Gasteiger partial charge in [0.25, 0.3) is 11.8 Å². The fraction of sp³-hybridized carbons (Fsp3) is 0.586. The molecule has 8 nitrogen and oxygen atoms in total. The predicted molar refractivity (Wildman–Crippen MR) is 153 cm³/mol. The lowest BCUT2D eigenvalue weighted by Crippen LogP contribution is -2.52. The van der Waals surface area contributed by atoms with Crippen LogP contribution in [0.5, 0.6) is 0 Å². The van der Waals surface area contributed by atoms with Crippen LogP contribution >= 0.6 is 11.5 Å². The molecule has 2 aliphatic carbocycles. The van der Waals surface area contributed by atoms with Crippen molar-refractivity contribution in [2.24, 2.45) is 0 Å². The maximum absolute atomic E-state index is 14.2. The van der Waals surface area contributed by atoms with Crippen molar-refractivity contribution in [3.05, 3.63) is 39.9 Å². The molecule has 0 spiro atoms. The number of benzene rings is 1. The minimum atomic E-state index is -0.699. The first-order valence-corrected chi connectivity index (χ1v) is 14.8. The number of amides is 3. The van der Waals surface area contributed by atoms with E-state index in [1.54, 1.807) is 4.90 Å². The summed E-state index contributed by atoms with van der Waals surface area (Å²) in [5, 5.41) is 6.24. The van der Waals surface area contributed by atoms with Gasteiger partial charge in [0.1, 0.15) is 10.9 Å². The summed E-state index contributed by atoms with van der Waals surface area (Å²) in [5.41, 5.74) is 9.13. The average Bonchev–Trinajstić information content (AvgIpc) is 3.55. The Morgan fingerprint density at radius 1 is 1.03 bits per heavy atom. The van der Waals surface area contributed by atoms with E-state index in [0.717, 1.165) is 80.4 Å². The molecule has 0 bridgehead atoms. The molecule has 2 aliphatic rings. The monoisotopic (exact) mass is 539 g/mol. The summed E-state index contributed by atoms with van der Waals surface area (Å²) < 4.78 is 4.31. The Balaban J connectivity index is 1.67. The zero-order valence-electron chi connectivity index (χ0n) is 22.8. The Morgan fingerprint density at radius 2 is 1.66 bits per heavy atom. The minimum absolute atomic E-state index is 0.0788. The number of anilines is 2. The Hall–Kier alpha value is -2.94. The molecule has 3 amide bonds. The van der Waals surface area contributed by atoms with Gasteiger partial charge in [0.05, 0.1) is 5.69 Å². The molecule has 0 radical (unpaired) electrons. The highest BCUT2D eigenvalue weighted by molar-refractivity contribution is 7.09. The van der Waals surface area contributed by atoms with Gasteiger partial charge >= 0.3 is 0 Å². The van der Waals surface area contributed by atoms with E-state index in [2.05, 4.69) is 15.0 Å². The Labute approximate surface area is 229 Å². The van der Waals surface area contributed by atoms with E-state index in [1.165, 1.54) is 6.42 Å². The SMILES string of the molecule is CCCC(C(=O)NC1CCCC1)N(C(=O)c1snc(C(=O)NC2CCCCC2)c1N)c1cc(C)ccc1C. The highest BCUT2D eigenvalue weighted by Crippen LogP contribution is 2.32. The molecule has 1 unspecified atom stereocenters. The number of hydrogen-bond donors (Lipinski definition) is 3. The molecule has 0 aliphatic heterocycles. The van der Waals surface area contributed by atoms with E-state index in [9.17, 15) is 14.4 Å². The molecular formula is C29H41N5O3S. The second-order valence-electron chi connectivity index (χ2n) is 10.8. The van der Waals surface area contributed by atoms with Gasteiger partial charge in [0.15, 0.2) is 5.69 Å². The van der Waals surface area contributed by atoms with E-state index in [-0.39, 0.29) is 40.2 Å². The number of nitrogen functional groups attached to an aromatic ring is 1. The molecule has 0 saturated heterocycles. The first kappa shape index (κ1) is 28.1. The normalized spacial score (nSPS) is 17.2. The summed E-state index contributed by atoms with van der Waals surface area (Å²) >= 11 is 0.929. The van der Waals surface area contributed by atoms with Crippen molar-refractivity contribution in [1.82, 2.24) is 15.0 Å². The second kappa shape index (κ2) is 12.7. The van der Waals surface area contributed by atoms with Crippen LogP contribution < -0.4 is 21.3 Å². The molecular weight excluding hydrogens is 498 g/mol. The largest absolute Gasteiger partial charge is 0.395 e. The number of nitrogens with zero attached hydrogens (tertiary/aromatic N) is 2. The molecule has 206 valence electrons. The van der Waals surface area contributed by atoms with Gasteiger partial charge in [-0.3, -0.25) is 19.3 Å². The molecule has 1 aromatic heterocycles. The number of nitrogens with one attached hydrogen (secondary N) is 2. The number of aryl methyl sites for hydroxylation is 2. The number of nitrogens with two attached hydrogens (primary N) is 1. The average molecular weight is 540 g/mol.